The van der Waals surface area contributed by atoms with E-state index in [9.17, 15) is 5.11 Å². The lowest BCUT2D eigenvalue weighted by atomic mass is 9.94. The number of aliphatic hydroxyl groups is 1. The number of hydrogen-bond donors (Lipinski definition) is 1. The van der Waals surface area contributed by atoms with E-state index in [1.165, 1.54) is 0 Å². The minimum Gasteiger partial charge on any atom is -0.388 e. The Kier molecular flexibility index (Phi) is 11.7. The maximum absolute atomic E-state index is 11.2. The normalized spacial score (nSPS) is 23.8. The first-order valence-electron chi connectivity index (χ1n) is 13.2. The highest BCUT2D eigenvalue weighted by Crippen LogP contribution is 2.32. The number of aliphatic hydroxyl groups excluding tert-OH is 1. The quantitative estimate of drug-likeness (QED) is 0.224. The van der Waals surface area contributed by atoms with Gasteiger partial charge in [0.15, 0.2) is 6.29 Å². The summed E-state index contributed by atoms with van der Waals surface area (Å²) in [6.07, 6.45) is -2.88. The fourth-order valence-corrected chi connectivity index (χ4v) is 4.56. The number of ether oxygens (including phenoxy) is 6. The monoisotopic (exact) mass is 534 g/mol. The Hall–Kier alpha value is -2.88. The van der Waals surface area contributed by atoms with Crippen LogP contribution in [0.4, 0.5) is 0 Å². The van der Waals surface area contributed by atoms with Crippen LogP contribution in [-0.2, 0) is 48.2 Å². The molecule has 6 atom stereocenters. The van der Waals surface area contributed by atoms with Gasteiger partial charge in [-0.05, 0) is 16.7 Å². The molecule has 4 rings (SSSR count). The summed E-state index contributed by atoms with van der Waals surface area (Å²) in [6, 6.07) is 29.7. The molecule has 1 aliphatic rings. The molecule has 0 spiro atoms. The largest absolute Gasteiger partial charge is 0.388 e. The molecule has 3 aromatic carbocycles. The Balaban J connectivity index is 1.61. The Morgan fingerprint density at radius 2 is 1.21 bits per heavy atom. The summed E-state index contributed by atoms with van der Waals surface area (Å²) in [6.45, 7) is 4.99. The first-order chi connectivity index (χ1) is 19.2. The van der Waals surface area contributed by atoms with Crippen molar-refractivity contribution in [2.75, 3.05) is 20.3 Å². The van der Waals surface area contributed by atoms with E-state index >= 15 is 0 Å². The van der Waals surface area contributed by atoms with Crippen LogP contribution in [0.1, 0.15) is 16.7 Å². The van der Waals surface area contributed by atoms with Gasteiger partial charge >= 0.3 is 0 Å². The van der Waals surface area contributed by atoms with Crippen molar-refractivity contribution in [3.8, 4) is 0 Å². The molecule has 1 fully saturated rings. The zero-order valence-corrected chi connectivity index (χ0v) is 22.3. The first-order valence-corrected chi connectivity index (χ1v) is 13.2. The van der Waals surface area contributed by atoms with E-state index in [0.29, 0.717) is 26.4 Å². The molecule has 7 heteroatoms. The van der Waals surface area contributed by atoms with Crippen molar-refractivity contribution in [2.45, 2.75) is 56.6 Å². The summed E-state index contributed by atoms with van der Waals surface area (Å²) in [5.41, 5.74) is 3.01. The van der Waals surface area contributed by atoms with Crippen LogP contribution in [0.3, 0.4) is 0 Å². The van der Waals surface area contributed by atoms with Gasteiger partial charge in [0.1, 0.15) is 30.5 Å². The molecule has 0 radical (unpaired) electrons. The SMILES string of the molecule is C=CCOC[C@@H](O)[C@H]1O[C@@H](OC)[C@H](OCc2ccccc2)[C@H](OCc2ccccc2)[C@@H]1OCc1ccccc1. The number of rotatable bonds is 15. The highest BCUT2D eigenvalue weighted by atomic mass is 16.7. The molecular weight excluding hydrogens is 496 g/mol. The lowest BCUT2D eigenvalue weighted by Crippen LogP contribution is -2.63. The average Bonchev–Trinajstić information content (AvgIpc) is 2.99. The Morgan fingerprint density at radius 3 is 1.67 bits per heavy atom. The van der Waals surface area contributed by atoms with Gasteiger partial charge in [-0.15, -0.1) is 6.58 Å². The molecule has 0 aliphatic carbocycles. The van der Waals surface area contributed by atoms with Gasteiger partial charge < -0.3 is 33.5 Å². The summed E-state index contributed by atoms with van der Waals surface area (Å²) in [5, 5.41) is 11.2. The molecular formula is C32H38O7. The summed E-state index contributed by atoms with van der Waals surface area (Å²) < 4.78 is 37.0. The minimum atomic E-state index is -0.999. The van der Waals surface area contributed by atoms with Crippen LogP contribution in [0.15, 0.2) is 104 Å². The second-order valence-electron chi connectivity index (χ2n) is 9.38. The zero-order chi connectivity index (χ0) is 27.3. The topological polar surface area (TPSA) is 75.6 Å². The van der Waals surface area contributed by atoms with Gasteiger partial charge in [-0.25, -0.2) is 0 Å². The molecule has 0 bridgehead atoms. The third kappa shape index (κ3) is 8.55. The number of hydrogen-bond acceptors (Lipinski definition) is 7. The van der Waals surface area contributed by atoms with E-state index in [4.69, 9.17) is 28.4 Å². The summed E-state index contributed by atoms with van der Waals surface area (Å²) in [7, 11) is 1.56. The van der Waals surface area contributed by atoms with Crippen molar-refractivity contribution in [3.05, 3.63) is 120 Å². The van der Waals surface area contributed by atoms with E-state index < -0.39 is 36.8 Å². The van der Waals surface area contributed by atoms with Crippen molar-refractivity contribution in [3.63, 3.8) is 0 Å². The fraction of sp³-hybridized carbons (Fsp3) is 0.375. The van der Waals surface area contributed by atoms with Crippen molar-refractivity contribution < 1.29 is 33.5 Å². The van der Waals surface area contributed by atoms with E-state index in [1.54, 1.807) is 13.2 Å². The Labute approximate surface area is 230 Å². The molecule has 0 amide bonds. The van der Waals surface area contributed by atoms with Gasteiger partial charge in [0.05, 0.1) is 33.0 Å². The third-order valence-electron chi connectivity index (χ3n) is 6.52. The number of benzene rings is 3. The minimum absolute atomic E-state index is 0.0409. The van der Waals surface area contributed by atoms with E-state index in [-0.39, 0.29) is 6.61 Å². The van der Waals surface area contributed by atoms with E-state index in [0.717, 1.165) is 16.7 Å². The van der Waals surface area contributed by atoms with Crippen LogP contribution >= 0.6 is 0 Å². The second-order valence-corrected chi connectivity index (χ2v) is 9.38. The number of methoxy groups -OCH3 is 1. The fourth-order valence-electron chi connectivity index (χ4n) is 4.56. The van der Waals surface area contributed by atoms with Crippen molar-refractivity contribution in [1.29, 1.82) is 0 Å². The highest BCUT2D eigenvalue weighted by Gasteiger charge is 2.50. The predicted octanol–water partition coefficient (Wildman–Crippen LogP) is 4.68. The van der Waals surface area contributed by atoms with Gasteiger partial charge in [-0.3, -0.25) is 0 Å². The third-order valence-corrected chi connectivity index (χ3v) is 6.52. The zero-order valence-electron chi connectivity index (χ0n) is 22.3. The van der Waals surface area contributed by atoms with Crippen molar-refractivity contribution >= 4 is 0 Å². The van der Waals surface area contributed by atoms with Crippen LogP contribution in [0.25, 0.3) is 0 Å². The Bertz CT molecular complexity index is 1080. The van der Waals surface area contributed by atoms with Crippen molar-refractivity contribution in [1.82, 2.24) is 0 Å². The molecule has 3 aromatic rings. The second kappa shape index (κ2) is 15.6. The van der Waals surface area contributed by atoms with E-state index in [1.807, 2.05) is 91.0 Å². The van der Waals surface area contributed by atoms with Gasteiger partial charge in [-0.1, -0.05) is 97.1 Å². The summed E-state index contributed by atoms with van der Waals surface area (Å²) >= 11 is 0. The molecule has 208 valence electrons. The van der Waals surface area contributed by atoms with E-state index in [2.05, 4.69) is 6.58 Å². The maximum atomic E-state index is 11.2. The average molecular weight is 535 g/mol. The maximum Gasteiger partial charge on any atom is 0.186 e. The molecule has 0 unspecified atom stereocenters. The standard InChI is InChI=1S/C32H38O7/c1-3-19-35-23-27(33)28-29(36-20-24-13-7-4-8-14-24)30(37-21-25-15-9-5-10-16-25)31(32(34-2)39-28)38-22-26-17-11-6-12-18-26/h3-18,27-33H,1,19-23H2,2H3/t27-,28-,29-,30-,31-,32-/m1/s1. The lowest BCUT2D eigenvalue weighted by molar-refractivity contribution is -0.331. The predicted molar refractivity (Wildman–Crippen MR) is 148 cm³/mol. The molecule has 1 heterocycles. The molecule has 0 saturated carbocycles. The van der Waals surface area contributed by atoms with Gasteiger partial charge in [0.25, 0.3) is 0 Å². The molecule has 39 heavy (non-hydrogen) atoms. The summed E-state index contributed by atoms with van der Waals surface area (Å²) in [4.78, 5) is 0. The van der Waals surface area contributed by atoms with Gasteiger partial charge in [0.2, 0.25) is 0 Å². The smallest absolute Gasteiger partial charge is 0.186 e. The highest BCUT2D eigenvalue weighted by molar-refractivity contribution is 5.15. The molecule has 1 N–H and O–H groups in total. The first kappa shape index (κ1) is 29.1. The van der Waals surface area contributed by atoms with Gasteiger partial charge in [-0.2, -0.15) is 0 Å². The van der Waals surface area contributed by atoms with Crippen LogP contribution in [0.5, 0.6) is 0 Å². The van der Waals surface area contributed by atoms with Crippen LogP contribution in [0, 0.1) is 0 Å². The van der Waals surface area contributed by atoms with Crippen molar-refractivity contribution in [2.24, 2.45) is 0 Å². The molecule has 7 nitrogen and oxygen atoms in total. The Morgan fingerprint density at radius 1 is 0.744 bits per heavy atom. The molecule has 1 aliphatic heterocycles. The summed E-state index contributed by atoms with van der Waals surface area (Å²) in [5.74, 6) is 0. The lowest BCUT2D eigenvalue weighted by Gasteiger charge is -2.46. The molecule has 1 saturated heterocycles. The van der Waals surface area contributed by atoms with Crippen LogP contribution in [-0.4, -0.2) is 62.2 Å². The van der Waals surface area contributed by atoms with Crippen LogP contribution < -0.4 is 0 Å². The molecule has 0 aromatic heterocycles. The van der Waals surface area contributed by atoms with Gasteiger partial charge in [0, 0.05) is 7.11 Å². The van der Waals surface area contributed by atoms with Crippen LogP contribution in [0.2, 0.25) is 0 Å².